The van der Waals surface area contributed by atoms with Gasteiger partial charge in [-0.2, -0.15) is 0 Å². The summed E-state index contributed by atoms with van der Waals surface area (Å²) in [5, 5.41) is 6.64. The normalized spacial score (nSPS) is 10.7. The van der Waals surface area contributed by atoms with Crippen molar-refractivity contribution in [3.8, 4) is 0 Å². The molecule has 0 fully saturated rings. The van der Waals surface area contributed by atoms with Crippen LogP contribution in [0.1, 0.15) is 24.0 Å². The molecule has 0 aliphatic rings. The third-order valence-corrected chi connectivity index (χ3v) is 3.15. The fourth-order valence-corrected chi connectivity index (χ4v) is 2.01. The fourth-order valence-electron chi connectivity index (χ4n) is 1.61. The summed E-state index contributed by atoms with van der Waals surface area (Å²) >= 11 is 3.50. The lowest BCUT2D eigenvalue weighted by atomic mass is 10.1. The number of unbranched alkanes of at least 4 members (excludes halogenated alkanes) is 1. The molecule has 0 aliphatic carbocycles. The molecule has 0 aromatic heterocycles. The molecule has 3 heteroatoms. The van der Waals surface area contributed by atoms with Gasteiger partial charge in [0.1, 0.15) is 0 Å². The van der Waals surface area contributed by atoms with E-state index in [2.05, 4.69) is 51.7 Å². The summed E-state index contributed by atoms with van der Waals surface area (Å²) in [4.78, 5) is 0. The molecule has 0 radical (unpaired) electrons. The first-order chi connectivity index (χ1) is 7.74. The minimum atomic E-state index is 0.963. The molecule has 0 bridgehead atoms. The lowest BCUT2D eigenvalue weighted by Gasteiger charge is -2.08. The molecule has 2 N–H and O–H groups in total. The molecule has 0 saturated carbocycles. The quantitative estimate of drug-likeness (QED) is 0.753. The van der Waals surface area contributed by atoms with Crippen LogP contribution in [0.15, 0.2) is 22.7 Å². The number of benzene rings is 1. The van der Waals surface area contributed by atoms with Crippen LogP contribution in [-0.2, 0) is 6.54 Å². The first kappa shape index (κ1) is 13.7. The Bertz CT molecular complexity index is 313. The summed E-state index contributed by atoms with van der Waals surface area (Å²) in [6, 6.07) is 6.43. The van der Waals surface area contributed by atoms with Crippen molar-refractivity contribution in [3.05, 3.63) is 33.8 Å². The molecular weight excluding hydrogens is 264 g/mol. The van der Waals surface area contributed by atoms with Crippen molar-refractivity contribution >= 4 is 15.9 Å². The molecule has 1 aromatic carbocycles. The lowest BCUT2D eigenvalue weighted by molar-refractivity contribution is 0.604. The maximum atomic E-state index is 3.50. The summed E-state index contributed by atoms with van der Waals surface area (Å²) in [6.07, 6.45) is 2.47. The van der Waals surface area contributed by atoms with Gasteiger partial charge in [-0.1, -0.05) is 22.0 Å². The molecule has 16 heavy (non-hydrogen) atoms. The van der Waals surface area contributed by atoms with Crippen molar-refractivity contribution in [1.29, 1.82) is 0 Å². The molecule has 0 saturated heterocycles. The van der Waals surface area contributed by atoms with Gasteiger partial charge < -0.3 is 10.6 Å². The second kappa shape index (κ2) is 7.82. The minimum Gasteiger partial charge on any atom is -0.320 e. The second-order valence-corrected chi connectivity index (χ2v) is 4.97. The highest BCUT2D eigenvalue weighted by Crippen LogP contribution is 2.15. The SMILES string of the molecule is CNCCCCNCc1cc(Br)ccc1C. The Hall–Kier alpha value is -0.380. The molecule has 1 aromatic rings. The van der Waals surface area contributed by atoms with Gasteiger partial charge in [0.25, 0.3) is 0 Å². The van der Waals surface area contributed by atoms with Crippen LogP contribution in [0.25, 0.3) is 0 Å². The van der Waals surface area contributed by atoms with E-state index in [0.717, 1.165) is 24.1 Å². The van der Waals surface area contributed by atoms with Gasteiger partial charge in [0, 0.05) is 11.0 Å². The summed E-state index contributed by atoms with van der Waals surface area (Å²) in [7, 11) is 2.00. The monoisotopic (exact) mass is 284 g/mol. The number of aryl methyl sites for hydroxylation is 1. The molecule has 0 spiro atoms. The largest absolute Gasteiger partial charge is 0.320 e. The van der Waals surface area contributed by atoms with Gasteiger partial charge in [-0.25, -0.2) is 0 Å². The highest BCUT2D eigenvalue weighted by Gasteiger charge is 1.98. The number of halogens is 1. The minimum absolute atomic E-state index is 0.963. The van der Waals surface area contributed by atoms with Crippen molar-refractivity contribution in [2.24, 2.45) is 0 Å². The van der Waals surface area contributed by atoms with E-state index < -0.39 is 0 Å². The van der Waals surface area contributed by atoms with Crippen LogP contribution in [0.4, 0.5) is 0 Å². The molecule has 1 rings (SSSR count). The van der Waals surface area contributed by atoms with Gasteiger partial charge in [-0.15, -0.1) is 0 Å². The summed E-state index contributed by atoms with van der Waals surface area (Å²) in [6.45, 7) is 5.32. The molecule has 0 atom stereocenters. The van der Waals surface area contributed by atoms with E-state index in [4.69, 9.17) is 0 Å². The van der Waals surface area contributed by atoms with Crippen LogP contribution in [0.5, 0.6) is 0 Å². The summed E-state index contributed by atoms with van der Waals surface area (Å²) in [5.74, 6) is 0. The zero-order valence-electron chi connectivity index (χ0n) is 10.1. The number of hydrogen-bond donors (Lipinski definition) is 2. The van der Waals surface area contributed by atoms with Gasteiger partial charge in [-0.3, -0.25) is 0 Å². The maximum Gasteiger partial charge on any atom is 0.0208 e. The number of nitrogens with one attached hydrogen (secondary N) is 2. The van der Waals surface area contributed by atoms with E-state index in [1.165, 1.54) is 24.0 Å². The van der Waals surface area contributed by atoms with E-state index in [1.807, 2.05) is 7.05 Å². The van der Waals surface area contributed by atoms with E-state index in [-0.39, 0.29) is 0 Å². The molecule has 0 heterocycles. The van der Waals surface area contributed by atoms with Gasteiger partial charge in [-0.05, 0) is 63.2 Å². The van der Waals surface area contributed by atoms with Crippen molar-refractivity contribution in [3.63, 3.8) is 0 Å². The zero-order chi connectivity index (χ0) is 11.8. The smallest absolute Gasteiger partial charge is 0.0208 e. The highest BCUT2D eigenvalue weighted by atomic mass is 79.9. The Morgan fingerprint density at radius 1 is 1.19 bits per heavy atom. The third kappa shape index (κ3) is 5.10. The van der Waals surface area contributed by atoms with E-state index in [1.54, 1.807) is 0 Å². The first-order valence-electron chi connectivity index (χ1n) is 5.84. The molecule has 0 aliphatic heterocycles. The van der Waals surface area contributed by atoms with E-state index in [0.29, 0.717) is 0 Å². The third-order valence-electron chi connectivity index (χ3n) is 2.66. The highest BCUT2D eigenvalue weighted by molar-refractivity contribution is 9.10. The topological polar surface area (TPSA) is 24.1 Å². The standard InChI is InChI=1S/C13H21BrN2/c1-11-5-6-13(14)9-12(11)10-16-8-4-3-7-15-2/h5-6,9,15-16H,3-4,7-8,10H2,1-2H3. The summed E-state index contributed by atoms with van der Waals surface area (Å²) in [5.41, 5.74) is 2.73. The molecular formula is C13H21BrN2. The molecule has 0 amide bonds. The van der Waals surface area contributed by atoms with E-state index in [9.17, 15) is 0 Å². The molecule has 0 unspecified atom stereocenters. The predicted octanol–water partition coefficient (Wildman–Crippen LogP) is 2.85. The van der Waals surface area contributed by atoms with Crippen molar-refractivity contribution in [2.45, 2.75) is 26.3 Å². The number of hydrogen-bond acceptors (Lipinski definition) is 2. The van der Waals surface area contributed by atoms with E-state index >= 15 is 0 Å². The Kier molecular flexibility index (Phi) is 6.69. The average Bonchev–Trinajstić information content (AvgIpc) is 2.28. The summed E-state index contributed by atoms with van der Waals surface area (Å²) < 4.78 is 1.16. The Labute approximate surface area is 107 Å². The van der Waals surface area contributed by atoms with Gasteiger partial charge in [0.15, 0.2) is 0 Å². The molecule has 2 nitrogen and oxygen atoms in total. The fraction of sp³-hybridized carbons (Fsp3) is 0.538. The van der Waals surface area contributed by atoms with Crippen LogP contribution >= 0.6 is 15.9 Å². The molecule has 90 valence electrons. The van der Waals surface area contributed by atoms with Crippen LogP contribution in [0, 0.1) is 6.92 Å². The van der Waals surface area contributed by atoms with Gasteiger partial charge in [0.2, 0.25) is 0 Å². The first-order valence-corrected chi connectivity index (χ1v) is 6.63. The predicted molar refractivity (Wildman–Crippen MR) is 73.7 cm³/mol. The van der Waals surface area contributed by atoms with Crippen LogP contribution in [0.2, 0.25) is 0 Å². The second-order valence-electron chi connectivity index (χ2n) is 4.06. The van der Waals surface area contributed by atoms with Crippen LogP contribution < -0.4 is 10.6 Å². The van der Waals surface area contributed by atoms with Crippen LogP contribution in [0.3, 0.4) is 0 Å². The maximum absolute atomic E-state index is 3.50. The zero-order valence-corrected chi connectivity index (χ0v) is 11.7. The van der Waals surface area contributed by atoms with Crippen molar-refractivity contribution in [2.75, 3.05) is 20.1 Å². The van der Waals surface area contributed by atoms with Gasteiger partial charge in [0.05, 0.1) is 0 Å². The Balaban J connectivity index is 2.23. The van der Waals surface area contributed by atoms with Crippen LogP contribution in [-0.4, -0.2) is 20.1 Å². The van der Waals surface area contributed by atoms with Gasteiger partial charge >= 0.3 is 0 Å². The lowest BCUT2D eigenvalue weighted by Crippen LogP contribution is -2.17. The Morgan fingerprint density at radius 2 is 1.94 bits per heavy atom. The van der Waals surface area contributed by atoms with Crippen molar-refractivity contribution < 1.29 is 0 Å². The average molecular weight is 285 g/mol. The Morgan fingerprint density at radius 3 is 2.69 bits per heavy atom. The van der Waals surface area contributed by atoms with Crippen molar-refractivity contribution in [1.82, 2.24) is 10.6 Å². The number of rotatable bonds is 7.